The van der Waals surface area contributed by atoms with E-state index in [2.05, 4.69) is 22.9 Å². The fraction of sp³-hybridized carbons (Fsp3) is 0.312. The van der Waals surface area contributed by atoms with Crippen LogP contribution in [0.25, 0.3) is 0 Å². The van der Waals surface area contributed by atoms with Crippen LogP contribution in [0.1, 0.15) is 22.4 Å². The van der Waals surface area contributed by atoms with Gasteiger partial charge in [-0.25, -0.2) is 0 Å². The van der Waals surface area contributed by atoms with Gasteiger partial charge in [0.25, 0.3) is 0 Å². The number of aromatic nitrogens is 1. The van der Waals surface area contributed by atoms with Gasteiger partial charge in [0.1, 0.15) is 0 Å². The lowest BCUT2D eigenvalue weighted by molar-refractivity contribution is 0.811. The normalized spacial score (nSPS) is 13.2. The molecule has 0 unspecified atom stereocenters. The topological polar surface area (TPSA) is 38.9 Å². The van der Waals surface area contributed by atoms with Gasteiger partial charge in [-0.1, -0.05) is 29.8 Å². The molecule has 0 saturated carbocycles. The van der Waals surface area contributed by atoms with E-state index in [0.717, 1.165) is 30.7 Å². The Labute approximate surface area is 119 Å². The summed E-state index contributed by atoms with van der Waals surface area (Å²) in [6.45, 7) is 0. The van der Waals surface area contributed by atoms with Gasteiger partial charge in [-0.3, -0.25) is 4.98 Å². The molecule has 2 N–H and O–H groups in total. The van der Waals surface area contributed by atoms with E-state index in [1.807, 2.05) is 24.4 Å². The smallest absolute Gasteiger partial charge is 0.0440 e. The molecule has 1 aliphatic carbocycles. The van der Waals surface area contributed by atoms with E-state index in [-0.39, 0.29) is 0 Å². The predicted molar refractivity (Wildman–Crippen MR) is 80.6 cm³/mol. The van der Waals surface area contributed by atoms with Gasteiger partial charge in [0.2, 0.25) is 0 Å². The Bertz CT molecular complexity index is 552. The van der Waals surface area contributed by atoms with Crippen LogP contribution in [-0.2, 0) is 25.7 Å². The van der Waals surface area contributed by atoms with Crippen LogP contribution in [0.15, 0.2) is 36.5 Å². The van der Waals surface area contributed by atoms with Gasteiger partial charge in [-0.2, -0.15) is 0 Å². The molecular weight excluding hydrogens is 256 g/mol. The molecule has 0 atom stereocenters. The highest BCUT2D eigenvalue weighted by molar-refractivity contribution is 6.31. The number of rotatable bonds is 0. The molecule has 0 amide bonds. The molecule has 2 aromatic rings. The molecule has 2 nitrogen and oxygen atoms in total. The largest absolute Gasteiger partial charge is 0.333 e. The summed E-state index contributed by atoms with van der Waals surface area (Å²) in [5.41, 5.74) is 9.83. The Morgan fingerprint density at radius 2 is 1.68 bits per heavy atom. The summed E-state index contributed by atoms with van der Waals surface area (Å²) in [5, 5.41) is 0.905. The van der Waals surface area contributed by atoms with Crippen LogP contribution in [0.3, 0.4) is 0 Å². The first-order valence-electron chi connectivity index (χ1n) is 6.61. The molecule has 1 aromatic heterocycles. The van der Waals surface area contributed by atoms with Crippen LogP contribution >= 0.6 is 11.6 Å². The highest BCUT2D eigenvalue weighted by atomic mass is 35.5. The predicted octanol–water partition coefficient (Wildman–Crippen LogP) is 3.19. The van der Waals surface area contributed by atoms with Crippen molar-refractivity contribution >= 4 is 11.6 Å². The molecule has 0 radical (unpaired) electrons. The van der Waals surface area contributed by atoms with Crippen molar-refractivity contribution in [2.24, 2.45) is 5.73 Å². The van der Waals surface area contributed by atoms with E-state index in [4.69, 9.17) is 11.6 Å². The minimum atomic E-state index is 0.905. The minimum Gasteiger partial charge on any atom is -0.333 e. The lowest BCUT2D eigenvalue weighted by atomic mass is 9.91. The van der Waals surface area contributed by atoms with E-state index >= 15 is 0 Å². The summed E-state index contributed by atoms with van der Waals surface area (Å²) in [4.78, 5) is 4.48. The molecule has 0 saturated heterocycles. The number of halogens is 1. The first kappa shape index (κ1) is 14.0. The van der Waals surface area contributed by atoms with Crippen molar-refractivity contribution in [1.82, 2.24) is 4.98 Å². The van der Waals surface area contributed by atoms with Crippen LogP contribution in [-0.4, -0.2) is 12.0 Å². The number of nitrogens with zero attached hydrogens (tertiary/aromatic N) is 1. The zero-order valence-electron chi connectivity index (χ0n) is 11.2. The molecule has 100 valence electrons. The average Bonchev–Trinajstić information content (AvgIpc) is 2.44. The van der Waals surface area contributed by atoms with Crippen LogP contribution in [0.4, 0.5) is 0 Å². The lowest BCUT2D eigenvalue weighted by Crippen LogP contribution is -2.08. The Morgan fingerprint density at radius 3 is 2.53 bits per heavy atom. The number of aryl methyl sites for hydroxylation is 3. The van der Waals surface area contributed by atoms with Crippen molar-refractivity contribution in [3.63, 3.8) is 0 Å². The third kappa shape index (κ3) is 3.14. The maximum Gasteiger partial charge on any atom is 0.0440 e. The van der Waals surface area contributed by atoms with Gasteiger partial charge in [0, 0.05) is 16.9 Å². The van der Waals surface area contributed by atoms with Gasteiger partial charge >= 0.3 is 0 Å². The zero-order valence-corrected chi connectivity index (χ0v) is 12.0. The summed E-state index contributed by atoms with van der Waals surface area (Å²) >= 11 is 6.27. The number of hydrogen-bond acceptors (Lipinski definition) is 2. The van der Waals surface area contributed by atoms with E-state index in [1.54, 1.807) is 0 Å². The first-order valence-corrected chi connectivity index (χ1v) is 6.99. The molecule has 0 bridgehead atoms. The van der Waals surface area contributed by atoms with E-state index < -0.39 is 0 Å². The molecular formula is C16H19ClN2. The maximum absolute atomic E-state index is 6.27. The second-order valence-electron chi connectivity index (χ2n) is 4.49. The highest BCUT2D eigenvalue weighted by Gasteiger charge is 2.13. The SMILES string of the molecule is CN.Clc1cccc2c1CCc1ncccc1CC2. The van der Waals surface area contributed by atoms with E-state index in [9.17, 15) is 0 Å². The molecule has 0 aliphatic heterocycles. The summed E-state index contributed by atoms with van der Waals surface area (Å²) < 4.78 is 0. The first-order chi connectivity index (χ1) is 9.34. The third-order valence-electron chi connectivity index (χ3n) is 3.48. The van der Waals surface area contributed by atoms with Crippen molar-refractivity contribution < 1.29 is 0 Å². The number of fused-ring (bicyclic) bond motifs is 2. The molecule has 19 heavy (non-hydrogen) atoms. The van der Waals surface area contributed by atoms with Crippen LogP contribution in [0.2, 0.25) is 5.02 Å². The molecule has 1 aliphatic rings. The highest BCUT2D eigenvalue weighted by Crippen LogP contribution is 2.26. The number of nitrogens with two attached hydrogens (primary N) is 1. The van der Waals surface area contributed by atoms with Gasteiger partial charge in [-0.05, 0) is 61.6 Å². The third-order valence-corrected chi connectivity index (χ3v) is 3.83. The molecule has 3 heteroatoms. The quantitative estimate of drug-likeness (QED) is 0.801. The van der Waals surface area contributed by atoms with Crippen LogP contribution in [0.5, 0.6) is 0 Å². The van der Waals surface area contributed by atoms with Crippen molar-refractivity contribution in [2.45, 2.75) is 25.7 Å². The van der Waals surface area contributed by atoms with Gasteiger partial charge in [0.05, 0.1) is 0 Å². The summed E-state index contributed by atoms with van der Waals surface area (Å²) in [6, 6.07) is 10.5. The average molecular weight is 275 g/mol. The molecule has 1 aromatic carbocycles. The second kappa shape index (κ2) is 6.69. The molecule has 3 rings (SSSR count). The van der Waals surface area contributed by atoms with Crippen LogP contribution in [0, 0.1) is 0 Å². The zero-order chi connectivity index (χ0) is 13.7. The molecule has 0 spiro atoms. The van der Waals surface area contributed by atoms with E-state index in [1.165, 1.54) is 29.4 Å². The fourth-order valence-electron chi connectivity index (χ4n) is 2.55. The van der Waals surface area contributed by atoms with Crippen molar-refractivity contribution in [2.75, 3.05) is 7.05 Å². The summed E-state index contributed by atoms with van der Waals surface area (Å²) in [6.07, 6.45) is 6.00. The second-order valence-corrected chi connectivity index (χ2v) is 4.89. The van der Waals surface area contributed by atoms with Gasteiger partial charge in [-0.15, -0.1) is 0 Å². The summed E-state index contributed by atoms with van der Waals surface area (Å²) in [7, 11) is 1.50. The summed E-state index contributed by atoms with van der Waals surface area (Å²) in [5.74, 6) is 0. The number of hydrogen-bond donors (Lipinski definition) is 1. The molecule has 1 heterocycles. The standard InChI is InChI=1S/C15H14ClN.CH5N/c16-14-5-1-3-11-6-7-12-4-2-10-17-15(12)9-8-13(11)14;1-2/h1-5,10H,6-9H2;2H2,1H3. The van der Waals surface area contributed by atoms with Gasteiger partial charge in [0.15, 0.2) is 0 Å². The Balaban J connectivity index is 0.000000637. The van der Waals surface area contributed by atoms with Crippen molar-refractivity contribution in [3.05, 3.63) is 63.9 Å². The number of pyridine rings is 1. The fourth-order valence-corrected chi connectivity index (χ4v) is 2.84. The Kier molecular flexibility index (Phi) is 4.94. The minimum absolute atomic E-state index is 0.905. The van der Waals surface area contributed by atoms with Crippen LogP contribution < -0.4 is 5.73 Å². The number of benzene rings is 1. The van der Waals surface area contributed by atoms with Gasteiger partial charge < -0.3 is 5.73 Å². The monoisotopic (exact) mass is 274 g/mol. The van der Waals surface area contributed by atoms with Crippen molar-refractivity contribution in [1.29, 1.82) is 0 Å². The maximum atomic E-state index is 6.27. The van der Waals surface area contributed by atoms with E-state index in [0.29, 0.717) is 0 Å². The van der Waals surface area contributed by atoms with Crippen molar-refractivity contribution in [3.8, 4) is 0 Å². The molecule has 0 fully saturated rings. The lowest BCUT2D eigenvalue weighted by Gasteiger charge is -2.16. The Morgan fingerprint density at radius 1 is 0.947 bits per heavy atom. The Hall–Kier alpha value is -1.38.